The fraction of sp³-hybridized carbons (Fsp3) is 0.625. The molecule has 0 spiro atoms. The molecule has 0 atom stereocenters. The number of methoxy groups -OCH3 is 1. The molecular formula is C8H16N2O2S. The number of thioether (sulfide) groups is 1. The van der Waals surface area contributed by atoms with E-state index in [0.29, 0.717) is 6.42 Å². The zero-order valence-electron chi connectivity index (χ0n) is 8.03. The van der Waals surface area contributed by atoms with Crippen LogP contribution in [-0.2, 0) is 9.53 Å². The molecule has 1 heterocycles. The maximum absolute atomic E-state index is 10.2. The molecule has 0 aliphatic carbocycles. The highest BCUT2D eigenvalue weighted by atomic mass is 32.2. The minimum atomic E-state index is -0.123. The predicted octanol–water partition coefficient (Wildman–Crippen LogP) is 1.30. The smallest absolute Gasteiger partial charge is 0.305 e. The summed E-state index contributed by atoms with van der Waals surface area (Å²) in [6, 6.07) is 0. The van der Waals surface area contributed by atoms with Gasteiger partial charge in [-0.05, 0) is 11.8 Å². The Morgan fingerprint density at radius 1 is 1.77 bits per heavy atom. The molecule has 0 aromatic heterocycles. The Morgan fingerprint density at radius 2 is 2.46 bits per heavy atom. The lowest BCUT2D eigenvalue weighted by Gasteiger charge is -2.01. The summed E-state index contributed by atoms with van der Waals surface area (Å²) in [4.78, 5) is 10.2. The minimum Gasteiger partial charge on any atom is -0.469 e. The molecule has 0 aromatic rings. The van der Waals surface area contributed by atoms with Gasteiger partial charge in [0.15, 0.2) is 0 Å². The third-order valence-corrected chi connectivity index (χ3v) is 2.02. The zero-order chi connectivity index (χ0) is 10.1. The summed E-state index contributed by atoms with van der Waals surface area (Å²) in [6.45, 7) is 1.94. The van der Waals surface area contributed by atoms with Crippen LogP contribution in [0.3, 0.4) is 0 Å². The summed E-state index contributed by atoms with van der Waals surface area (Å²) in [5.74, 6) is 6.04. The molecule has 1 aliphatic heterocycles. The number of ether oxygens (including phenoxy) is 1. The fourth-order valence-electron chi connectivity index (χ4n) is 0.600. The molecule has 5 heteroatoms. The van der Waals surface area contributed by atoms with Gasteiger partial charge < -0.3 is 9.75 Å². The van der Waals surface area contributed by atoms with Crippen LogP contribution in [0, 0.1) is 0 Å². The minimum absolute atomic E-state index is 0.123. The van der Waals surface area contributed by atoms with Crippen molar-refractivity contribution in [2.75, 3.05) is 13.0 Å². The number of rotatable bonds is 2. The van der Waals surface area contributed by atoms with E-state index in [4.69, 9.17) is 5.84 Å². The van der Waals surface area contributed by atoms with Crippen LogP contribution in [0.25, 0.3) is 0 Å². The molecule has 0 unspecified atom stereocenters. The maximum Gasteiger partial charge on any atom is 0.305 e. The molecule has 76 valence electrons. The van der Waals surface area contributed by atoms with Gasteiger partial charge in [0.05, 0.1) is 13.0 Å². The van der Waals surface area contributed by atoms with Gasteiger partial charge in [0.2, 0.25) is 0 Å². The van der Waals surface area contributed by atoms with Crippen LogP contribution >= 0.6 is 11.8 Å². The van der Waals surface area contributed by atoms with Gasteiger partial charge in [-0.1, -0.05) is 6.92 Å². The van der Waals surface area contributed by atoms with Crippen LogP contribution in [0.1, 0.15) is 19.8 Å². The number of nitrogens with two attached hydrogens (primary N) is 1. The third-order valence-electron chi connectivity index (χ3n) is 1.25. The van der Waals surface area contributed by atoms with Crippen LogP contribution < -0.4 is 5.84 Å². The van der Waals surface area contributed by atoms with E-state index in [1.165, 1.54) is 7.11 Å². The number of hydrogen-bond acceptors (Lipinski definition) is 5. The van der Waals surface area contributed by atoms with Crippen LogP contribution in [0.5, 0.6) is 0 Å². The third kappa shape index (κ3) is 7.67. The van der Waals surface area contributed by atoms with Crippen molar-refractivity contribution in [2.24, 2.45) is 5.84 Å². The average Bonchev–Trinajstić information content (AvgIpc) is 2.57. The maximum atomic E-state index is 10.2. The molecular weight excluding hydrogens is 188 g/mol. The van der Waals surface area contributed by atoms with Crippen LogP contribution in [-0.4, -0.2) is 24.0 Å². The molecule has 0 radical (unpaired) electrons. The van der Waals surface area contributed by atoms with E-state index in [2.05, 4.69) is 4.74 Å². The molecule has 13 heavy (non-hydrogen) atoms. The normalized spacial score (nSPS) is 13.6. The number of hydrazine groups is 1. The number of hydrogen-bond donors (Lipinski definition) is 1. The van der Waals surface area contributed by atoms with Crippen molar-refractivity contribution in [3.05, 3.63) is 11.6 Å². The van der Waals surface area contributed by atoms with Gasteiger partial charge in [0.1, 0.15) is 0 Å². The number of carbonyl (C=O) groups excluding carboxylic acids is 1. The lowest BCUT2D eigenvalue weighted by atomic mass is 10.3. The van der Waals surface area contributed by atoms with Gasteiger partial charge in [-0.25, -0.2) is 5.84 Å². The van der Waals surface area contributed by atoms with Crippen LogP contribution in [0.15, 0.2) is 11.6 Å². The topological polar surface area (TPSA) is 55.6 Å². The van der Waals surface area contributed by atoms with Crippen LogP contribution in [0.2, 0.25) is 0 Å². The Morgan fingerprint density at radius 3 is 2.62 bits per heavy atom. The second-order valence-corrected chi connectivity index (χ2v) is 3.28. The standard InChI is InChI=1S/C5H10O2.C3H6N2S/c1-3-4-5(6)7-2;4-5-1-2-6-3-5/h3-4H2,1-2H3;1-2H,3-4H2. The molecule has 1 rings (SSSR count). The van der Waals surface area contributed by atoms with Gasteiger partial charge in [0.25, 0.3) is 0 Å². The first-order chi connectivity index (χ1) is 6.20. The summed E-state index contributed by atoms with van der Waals surface area (Å²) in [6.07, 6.45) is 3.26. The lowest BCUT2D eigenvalue weighted by Crippen LogP contribution is -2.20. The average molecular weight is 204 g/mol. The van der Waals surface area contributed by atoms with Gasteiger partial charge in [-0.2, -0.15) is 0 Å². The SMILES string of the molecule is CCCC(=O)OC.NN1C=CSC1. The van der Waals surface area contributed by atoms with Crippen molar-refractivity contribution >= 4 is 17.7 Å². The quantitative estimate of drug-likeness (QED) is 0.542. The summed E-state index contributed by atoms with van der Waals surface area (Å²) in [5.41, 5.74) is 0. The van der Waals surface area contributed by atoms with Crippen LogP contribution in [0.4, 0.5) is 0 Å². The number of nitrogens with zero attached hydrogens (tertiary/aromatic N) is 1. The summed E-state index contributed by atoms with van der Waals surface area (Å²) in [5, 5.41) is 3.62. The first-order valence-corrected chi connectivity index (χ1v) is 5.12. The Labute approximate surface area is 83.1 Å². The van der Waals surface area contributed by atoms with Crippen molar-refractivity contribution in [3.8, 4) is 0 Å². The summed E-state index contributed by atoms with van der Waals surface area (Å²) < 4.78 is 4.35. The number of esters is 1. The van der Waals surface area contributed by atoms with Crippen molar-refractivity contribution < 1.29 is 9.53 Å². The monoisotopic (exact) mass is 204 g/mol. The first kappa shape index (κ1) is 12.3. The summed E-state index contributed by atoms with van der Waals surface area (Å²) in [7, 11) is 1.40. The largest absolute Gasteiger partial charge is 0.469 e. The second-order valence-electron chi connectivity index (χ2n) is 2.42. The highest BCUT2D eigenvalue weighted by molar-refractivity contribution is 8.02. The van der Waals surface area contributed by atoms with E-state index in [1.54, 1.807) is 16.8 Å². The molecule has 0 amide bonds. The molecule has 0 aromatic carbocycles. The molecule has 4 nitrogen and oxygen atoms in total. The van der Waals surface area contributed by atoms with Crippen molar-refractivity contribution in [2.45, 2.75) is 19.8 Å². The molecule has 0 saturated carbocycles. The lowest BCUT2D eigenvalue weighted by molar-refractivity contribution is -0.140. The Bertz CT molecular complexity index is 174. The highest BCUT2D eigenvalue weighted by Crippen LogP contribution is 2.09. The van der Waals surface area contributed by atoms with E-state index < -0.39 is 0 Å². The van der Waals surface area contributed by atoms with E-state index in [0.717, 1.165) is 12.3 Å². The van der Waals surface area contributed by atoms with Gasteiger partial charge >= 0.3 is 5.97 Å². The Kier molecular flexibility index (Phi) is 7.53. The fourth-order valence-corrected chi connectivity index (χ4v) is 1.19. The molecule has 0 saturated heterocycles. The molecule has 0 fully saturated rings. The van der Waals surface area contributed by atoms with Gasteiger partial charge in [0, 0.05) is 12.6 Å². The van der Waals surface area contributed by atoms with Gasteiger partial charge in [-0.15, -0.1) is 11.8 Å². The van der Waals surface area contributed by atoms with Crippen molar-refractivity contribution in [1.82, 2.24) is 5.01 Å². The second kappa shape index (κ2) is 7.94. The highest BCUT2D eigenvalue weighted by Gasteiger charge is 1.94. The zero-order valence-corrected chi connectivity index (χ0v) is 8.84. The Balaban J connectivity index is 0.000000223. The van der Waals surface area contributed by atoms with Crippen molar-refractivity contribution in [3.63, 3.8) is 0 Å². The molecule has 1 aliphatic rings. The number of carbonyl (C=O) groups is 1. The van der Waals surface area contributed by atoms with E-state index in [1.807, 2.05) is 18.5 Å². The van der Waals surface area contributed by atoms with Crippen molar-refractivity contribution in [1.29, 1.82) is 0 Å². The Hall–Kier alpha value is -0.680. The molecule has 0 bridgehead atoms. The first-order valence-electron chi connectivity index (χ1n) is 4.07. The predicted molar refractivity (Wildman–Crippen MR) is 54.5 cm³/mol. The van der Waals surface area contributed by atoms with Gasteiger partial charge in [-0.3, -0.25) is 4.79 Å². The summed E-state index contributed by atoms with van der Waals surface area (Å²) >= 11 is 1.70. The van der Waals surface area contributed by atoms with E-state index >= 15 is 0 Å². The van der Waals surface area contributed by atoms with E-state index in [-0.39, 0.29) is 5.97 Å². The molecule has 2 N–H and O–H groups in total. The van der Waals surface area contributed by atoms with E-state index in [9.17, 15) is 4.79 Å².